The lowest BCUT2D eigenvalue weighted by atomic mass is 10.2. The largest absolute Gasteiger partial charge is 0.452 e. The van der Waals surface area contributed by atoms with Gasteiger partial charge in [0.25, 0.3) is 5.91 Å². The van der Waals surface area contributed by atoms with E-state index in [4.69, 9.17) is 16.3 Å². The number of halogens is 2. The molecule has 7 heteroatoms. The molecule has 5 nitrogen and oxygen atoms in total. The van der Waals surface area contributed by atoms with Crippen LogP contribution in [0.15, 0.2) is 48.5 Å². The molecule has 1 amide bonds. The lowest BCUT2D eigenvalue weighted by Crippen LogP contribution is -2.49. The third-order valence-corrected chi connectivity index (χ3v) is 4.76. The Kier molecular flexibility index (Phi) is 6.42. The lowest BCUT2D eigenvalue weighted by Gasteiger charge is -2.34. The zero-order valence-electron chi connectivity index (χ0n) is 14.7. The molecule has 1 fully saturated rings. The third kappa shape index (κ3) is 5.28. The van der Waals surface area contributed by atoms with Crippen molar-refractivity contribution in [1.82, 2.24) is 9.80 Å². The van der Waals surface area contributed by atoms with E-state index in [0.29, 0.717) is 13.1 Å². The van der Waals surface area contributed by atoms with Crippen molar-refractivity contribution in [2.75, 3.05) is 32.8 Å². The summed E-state index contributed by atoms with van der Waals surface area (Å²) in [6.07, 6.45) is 0. The molecule has 142 valence electrons. The summed E-state index contributed by atoms with van der Waals surface area (Å²) in [5.74, 6) is -1.53. The van der Waals surface area contributed by atoms with Crippen molar-refractivity contribution in [2.45, 2.75) is 6.54 Å². The molecule has 1 heterocycles. The van der Waals surface area contributed by atoms with Crippen LogP contribution in [0.25, 0.3) is 0 Å². The molecule has 1 aliphatic rings. The molecule has 1 saturated heterocycles. The number of hydrogen-bond acceptors (Lipinski definition) is 4. The van der Waals surface area contributed by atoms with E-state index in [2.05, 4.69) is 17.0 Å². The molecule has 0 spiro atoms. The second-order valence-corrected chi connectivity index (χ2v) is 6.75. The number of benzene rings is 2. The van der Waals surface area contributed by atoms with Gasteiger partial charge in [-0.15, -0.1) is 0 Å². The summed E-state index contributed by atoms with van der Waals surface area (Å²) in [6, 6.07) is 13.6. The summed E-state index contributed by atoms with van der Waals surface area (Å²) >= 11 is 5.83. The number of hydrogen-bond donors (Lipinski definition) is 0. The van der Waals surface area contributed by atoms with Crippen LogP contribution in [0.1, 0.15) is 15.9 Å². The van der Waals surface area contributed by atoms with E-state index in [-0.39, 0.29) is 23.1 Å². The van der Waals surface area contributed by atoms with Gasteiger partial charge in [0, 0.05) is 32.7 Å². The molecule has 0 bridgehead atoms. The molecule has 3 rings (SSSR count). The first kappa shape index (κ1) is 19.3. The SMILES string of the molecule is O=C(OCC(=O)N1CCN(Cc2ccccc2)CC1)c1ccc(F)cc1Cl. The number of ether oxygens (including phenoxy) is 1. The fraction of sp³-hybridized carbons (Fsp3) is 0.300. The minimum Gasteiger partial charge on any atom is -0.452 e. The highest BCUT2D eigenvalue weighted by Gasteiger charge is 2.22. The standard InChI is InChI=1S/C20H20ClFN2O3/c21-18-12-16(22)6-7-17(18)20(26)27-14-19(25)24-10-8-23(9-11-24)13-15-4-2-1-3-5-15/h1-7,12H,8-11,13-14H2. The predicted molar refractivity (Wildman–Crippen MR) is 100.0 cm³/mol. The van der Waals surface area contributed by atoms with E-state index < -0.39 is 11.8 Å². The van der Waals surface area contributed by atoms with Crippen molar-refractivity contribution in [1.29, 1.82) is 0 Å². The van der Waals surface area contributed by atoms with Gasteiger partial charge < -0.3 is 9.64 Å². The van der Waals surface area contributed by atoms with Gasteiger partial charge in [-0.2, -0.15) is 0 Å². The van der Waals surface area contributed by atoms with E-state index in [1.807, 2.05) is 18.2 Å². The molecule has 27 heavy (non-hydrogen) atoms. The van der Waals surface area contributed by atoms with Crippen LogP contribution < -0.4 is 0 Å². The average Bonchev–Trinajstić information content (AvgIpc) is 2.67. The van der Waals surface area contributed by atoms with Crippen molar-refractivity contribution in [3.05, 3.63) is 70.5 Å². The van der Waals surface area contributed by atoms with Gasteiger partial charge in [-0.1, -0.05) is 41.9 Å². The summed E-state index contributed by atoms with van der Waals surface area (Å²) in [5.41, 5.74) is 1.28. The zero-order valence-corrected chi connectivity index (χ0v) is 15.5. The number of esters is 1. The molecule has 2 aromatic carbocycles. The minimum atomic E-state index is -0.740. The summed E-state index contributed by atoms with van der Waals surface area (Å²) in [4.78, 5) is 28.2. The molecule has 0 N–H and O–H groups in total. The molecule has 0 aromatic heterocycles. The maximum absolute atomic E-state index is 13.0. The Morgan fingerprint density at radius 2 is 1.74 bits per heavy atom. The predicted octanol–water partition coefficient (Wildman–Crippen LogP) is 2.98. The zero-order chi connectivity index (χ0) is 19.2. The van der Waals surface area contributed by atoms with E-state index in [1.54, 1.807) is 4.90 Å². The molecule has 0 radical (unpaired) electrons. The Morgan fingerprint density at radius 3 is 2.41 bits per heavy atom. The van der Waals surface area contributed by atoms with Crippen molar-refractivity contribution >= 4 is 23.5 Å². The number of piperazine rings is 1. The first-order valence-electron chi connectivity index (χ1n) is 8.69. The first-order valence-corrected chi connectivity index (χ1v) is 9.07. The first-order chi connectivity index (χ1) is 13.0. The Hall–Kier alpha value is -2.44. The van der Waals surface area contributed by atoms with Gasteiger partial charge >= 0.3 is 5.97 Å². The summed E-state index contributed by atoms with van der Waals surface area (Å²) in [6.45, 7) is 3.18. The van der Waals surface area contributed by atoms with Gasteiger partial charge in [-0.3, -0.25) is 9.69 Å². The van der Waals surface area contributed by atoms with Crippen LogP contribution in [0.3, 0.4) is 0 Å². The van der Waals surface area contributed by atoms with Crippen LogP contribution in [0.4, 0.5) is 4.39 Å². The van der Waals surface area contributed by atoms with Crippen LogP contribution in [-0.4, -0.2) is 54.5 Å². The van der Waals surface area contributed by atoms with Crippen LogP contribution in [0.2, 0.25) is 5.02 Å². The Labute approximate surface area is 162 Å². The van der Waals surface area contributed by atoms with Gasteiger partial charge in [-0.25, -0.2) is 9.18 Å². The van der Waals surface area contributed by atoms with Crippen molar-refractivity contribution in [3.8, 4) is 0 Å². The molecule has 0 atom stereocenters. The fourth-order valence-corrected chi connectivity index (χ4v) is 3.19. The average molecular weight is 391 g/mol. The summed E-state index contributed by atoms with van der Waals surface area (Å²) in [7, 11) is 0. The molecular weight excluding hydrogens is 371 g/mol. The van der Waals surface area contributed by atoms with Crippen LogP contribution in [0.5, 0.6) is 0 Å². The molecule has 0 unspecified atom stereocenters. The molecule has 1 aliphatic heterocycles. The highest BCUT2D eigenvalue weighted by Crippen LogP contribution is 2.18. The lowest BCUT2D eigenvalue weighted by molar-refractivity contribution is -0.136. The summed E-state index contributed by atoms with van der Waals surface area (Å²) < 4.78 is 18.1. The number of carbonyl (C=O) groups is 2. The second kappa shape index (κ2) is 8.97. The van der Waals surface area contributed by atoms with E-state index >= 15 is 0 Å². The number of rotatable bonds is 5. The maximum Gasteiger partial charge on any atom is 0.340 e. The highest BCUT2D eigenvalue weighted by atomic mass is 35.5. The monoisotopic (exact) mass is 390 g/mol. The van der Waals surface area contributed by atoms with Gasteiger partial charge in [0.1, 0.15) is 5.82 Å². The maximum atomic E-state index is 13.0. The Bertz CT molecular complexity index is 808. The van der Waals surface area contributed by atoms with Crippen molar-refractivity contribution < 1.29 is 18.7 Å². The third-order valence-electron chi connectivity index (χ3n) is 4.45. The topological polar surface area (TPSA) is 49.9 Å². The normalized spacial score (nSPS) is 14.8. The number of carbonyl (C=O) groups excluding carboxylic acids is 2. The second-order valence-electron chi connectivity index (χ2n) is 6.34. The van der Waals surface area contributed by atoms with E-state index in [9.17, 15) is 14.0 Å². The number of nitrogens with zero attached hydrogens (tertiary/aromatic N) is 2. The Balaban J connectivity index is 1.45. The quantitative estimate of drug-likeness (QED) is 0.736. The number of amides is 1. The molecule has 2 aromatic rings. The van der Waals surface area contributed by atoms with E-state index in [0.717, 1.165) is 31.8 Å². The highest BCUT2D eigenvalue weighted by molar-refractivity contribution is 6.33. The van der Waals surface area contributed by atoms with Gasteiger partial charge in [0.15, 0.2) is 6.61 Å². The van der Waals surface area contributed by atoms with Gasteiger partial charge in [0.2, 0.25) is 0 Å². The van der Waals surface area contributed by atoms with Gasteiger partial charge in [0.05, 0.1) is 10.6 Å². The van der Waals surface area contributed by atoms with Crippen molar-refractivity contribution in [3.63, 3.8) is 0 Å². The van der Waals surface area contributed by atoms with Crippen LogP contribution in [0, 0.1) is 5.82 Å². The molecular formula is C20H20ClFN2O3. The molecule has 0 saturated carbocycles. The van der Waals surface area contributed by atoms with Crippen molar-refractivity contribution in [2.24, 2.45) is 0 Å². The Morgan fingerprint density at radius 1 is 1.04 bits per heavy atom. The summed E-state index contributed by atoms with van der Waals surface area (Å²) in [5, 5.41) is -0.0398. The molecule has 0 aliphatic carbocycles. The minimum absolute atomic E-state index is 0.0398. The van der Waals surface area contributed by atoms with Gasteiger partial charge in [-0.05, 0) is 23.8 Å². The fourth-order valence-electron chi connectivity index (χ4n) is 2.95. The van der Waals surface area contributed by atoms with E-state index in [1.165, 1.54) is 11.6 Å². The smallest absolute Gasteiger partial charge is 0.340 e. The van der Waals surface area contributed by atoms with Crippen LogP contribution in [-0.2, 0) is 16.1 Å². The van der Waals surface area contributed by atoms with Crippen LogP contribution >= 0.6 is 11.6 Å².